The van der Waals surface area contributed by atoms with Crippen molar-refractivity contribution in [2.75, 3.05) is 13.7 Å². The number of rotatable bonds is 6. The maximum atomic E-state index is 11.7. The Labute approximate surface area is 93.9 Å². The van der Waals surface area contributed by atoms with E-state index in [0.717, 1.165) is 0 Å². The fourth-order valence-electron chi connectivity index (χ4n) is 1.03. The van der Waals surface area contributed by atoms with E-state index in [-0.39, 0.29) is 29.8 Å². The van der Waals surface area contributed by atoms with Crippen LogP contribution in [0.25, 0.3) is 0 Å². The lowest BCUT2D eigenvalue weighted by Crippen LogP contribution is -2.32. The van der Waals surface area contributed by atoms with Gasteiger partial charge in [-0.1, -0.05) is 0 Å². The summed E-state index contributed by atoms with van der Waals surface area (Å²) in [7, 11) is -2.18. The first kappa shape index (κ1) is 13.1. The summed E-state index contributed by atoms with van der Waals surface area (Å²) in [5.74, 6) is 0. The van der Waals surface area contributed by atoms with E-state index in [1.54, 1.807) is 6.92 Å². The molecule has 92 valence electrons. The van der Waals surface area contributed by atoms with Crippen LogP contribution in [0.15, 0.2) is 11.2 Å². The van der Waals surface area contributed by atoms with Crippen LogP contribution >= 0.6 is 0 Å². The molecule has 7 nitrogen and oxygen atoms in total. The number of aliphatic hydroxyl groups excluding tert-OH is 1. The highest BCUT2D eigenvalue weighted by atomic mass is 32.2. The number of sulfonamides is 1. The van der Waals surface area contributed by atoms with Crippen LogP contribution in [0.1, 0.15) is 12.5 Å². The number of H-pyrrole nitrogens is 1. The second-order valence-corrected chi connectivity index (χ2v) is 4.98. The number of nitrogens with one attached hydrogen (secondary N) is 2. The van der Waals surface area contributed by atoms with Crippen LogP contribution in [0.3, 0.4) is 0 Å². The number of hydrogen-bond acceptors (Lipinski definition) is 5. The monoisotopic (exact) mass is 249 g/mol. The summed E-state index contributed by atoms with van der Waals surface area (Å²) >= 11 is 0. The van der Waals surface area contributed by atoms with Crippen LogP contribution < -0.4 is 4.72 Å². The van der Waals surface area contributed by atoms with Crippen molar-refractivity contribution in [2.45, 2.75) is 24.7 Å². The van der Waals surface area contributed by atoms with Crippen molar-refractivity contribution in [3.05, 3.63) is 11.8 Å². The van der Waals surface area contributed by atoms with Crippen molar-refractivity contribution in [1.82, 2.24) is 14.9 Å². The Morgan fingerprint density at radius 3 is 2.94 bits per heavy atom. The highest BCUT2D eigenvalue weighted by Gasteiger charge is 2.20. The molecule has 1 atom stereocenters. The van der Waals surface area contributed by atoms with Gasteiger partial charge < -0.3 is 9.84 Å². The Hall–Kier alpha value is -0.960. The topological polar surface area (TPSA) is 104 Å². The molecule has 0 spiro atoms. The minimum atomic E-state index is -3.67. The van der Waals surface area contributed by atoms with E-state index < -0.39 is 10.0 Å². The van der Waals surface area contributed by atoms with Crippen LogP contribution in [0.4, 0.5) is 0 Å². The van der Waals surface area contributed by atoms with Crippen molar-refractivity contribution in [3.63, 3.8) is 0 Å². The zero-order chi connectivity index (χ0) is 12.2. The standard InChI is InChI=1S/C8H15N3O4S/c1-6(15-2)3-10-16(13,14)8-7(5-12)4-9-11-8/h4,6,10,12H,3,5H2,1-2H3,(H,9,11). The molecule has 1 unspecified atom stereocenters. The van der Waals surface area contributed by atoms with Crippen LogP contribution in [-0.4, -0.2) is 43.5 Å². The Bertz CT molecular complexity index is 428. The molecule has 1 heterocycles. The largest absolute Gasteiger partial charge is 0.392 e. The summed E-state index contributed by atoms with van der Waals surface area (Å²) in [6.45, 7) is 1.51. The Kier molecular flexibility index (Phi) is 4.42. The third-order valence-electron chi connectivity index (χ3n) is 2.08. The maximum absolute atomic E-state index is 11.7. The van der Waals surface area contributed by atoms with Gasteiger partial charge in [-0.25, -0.2) is 13.1 Å². The fourth-order valence-corrected chi connectivity index (χ4v) is 2.26. The molecule has 0 amide bonds. The quantitative estimate of drug-likeness (QED) is 0.613. The van der Waals surface area contributed by atoms with Gasteiger partial charge in [0.25, 0.3) is 10.0 Å². The van der Waals surface area contributed by atoms with Gasteiger partial charge in [0.05, 0.1) is 18.9 Å². The summed E-state index contributed by atoms with van der Waals surface area (Å²) in [5, 5.41) is 14.7. The Morgan fingerprint density at radius 2 is 2.38 bits per heavy atom. The van der Waals surface area contributed by atoms with Crippen LogP contribution in [0.5, 0.6) is 0 Å². The molecule has 1 rings (SSSR count). The molecule has 0 aliphatic heterocycles. The number of ether oxygens (including phenoxy) is 1. The molecular weight excluding hydrogens is 234 g/mol. The smallest absolute Gasteiger partial charge is 0.257 e. The Balaban J connectivity index is 2.78. The van der Waals surface area contributed by atoms with Gasteiger partial charge in [0.2, 0.25) is 0 Å². The average Bonchev–Trinajstić information content (AvgIpc) is 2.74. The summed E-state index contributed by atoms with van der Waals surface area (Å²) in [6.07, 6.45) is 1.05. The maximum Gasteiger partial charge on any atom is 0.257 e. The lowest BCUT2D eigenvalue weighted by Gasteiger charge is -2.10. The normalized spacial score (nSPS) is 13.9. The fraction of sp³-hybridized carbons (Fsp3) is 0.625. The minimum Gasteiger partial charge on any atom is -0.392 e. The third kappa shape index (κ3) is 3.01. The summed E-state index contributed by atoms with van der Waals surface area (Å²) in [4.78, 5) is 0. The number of nitrogens with zero attached hydrogens (tertiary/aromatic N) is 1. The molecule has 16 heavy (non-hydrogen) atoms. The summed E-state index contributed by atoms with van der Waals surface area (Å²) in [5.41, 5.74) is 0.234. The molecule has 1 aromatic rings. The lowest BCUT2D eigenvalue weighted by atomic mass is 10.4. The SMILES string of the molecule is COC(C)CNS(=O)(=O)c1[nH]ncc1CO. The highest BCUT2D eigenvalue weighted by molar-refractivity contribution is 7.89. The first-order valence-corrected chi connectivity index (χ1v) is 6.15. The molecule has 0 bridgehead atoms. The van der Waals surface area contributed by atoms with Gasteiger partial charge in [0.15, 0.2) is 5.03 Å². The summed E-state index contributed by atoms with van der Waals surface area (Å²) < 4.78 is 30.8. The van der Waals surface area contributed by atoms with E-state index in [4.69, 9.17) is 9.84 Å². The third-order valence-corrected chi connectivity index (χ3v) is 3.52. The van der Waals surface area contributed by atoms with E-state index in [2.05, 4.69) is 14.9 Å². The van der Waals surface area contributed by atoms with Crippen LogP contribution in [0, 0.1) is 0 Å². The van der Waals surface area contributed by atoms with Gasteiger partial charge in [-0.2, -0.15) is 5.10 Å². The van der Waals surface area contributed by atoms with E-state index in [0.29, 0.717) is 0 Å². The van der Waals surface area contributed by atoms with Crippen molar-refractivity contribution >= 4 is 10.0 Å². The van der Waals surface area contributed by atoms with Gasteiger partial charge in [-0.3, -0.25) is 5.10 Å². The predicted octanol–water partition coefficient (Wildman–Crippen LogP) is -0.785. The molecule has 0 saturated carbocycles. The highest BCUT2D eigenvalue weighted by Crippen LogP contribution is 2.11. The van der Waals surface area contributed by atoms with E-state index >= 15 is 0 Å². The minimum absolute atomic E-state index is 0.113. The van der Waals surface area contributed by atoms with Gasteiger partial charge in [0, 0.05) is 19.2 Å². The van der Waals surface area contributed by atoms with Crippen molar-refractivity contribution in [3.8, 4) is 0 Å². The van der Waals surface area contributed by atoms with E-state index in [1.807, 2.05) is 0 Å². The first-order chi connectivity index (χ1) is 7.51. The van der Waals surface area contributed by atoms with E-state index in [9.17, 15) is 8.42 Å². The zero-order valence-corrected chi connectivity index (χ0v) is 9.91. The van der Waals surface area contributed by atoms with E-state index in [1.165, 1.54) is 13.3 Å². The number of aromatic amines is 1. The second kappa shape index (κ2) is 5.39. The predicted molar refractivity (Wildman–Crippen MR) is 56.2 cm³/mol. The van der Waals surface area contributed by atoms with Gasteiger partial charge in [-0.05, 0) is 6.92 Å². The number of aromatic nitrogens is 2. The van der Waals surface area contributed by atoms with Gasteiger partial charge in [-0.15, -0.1) is 0 Å². The number of hydrogen-bond donors (Lipinski definition) is 3. The Morgan fingerprint density at radius 1 is 1.69 bits per heavy atom. The average molecular weight is 249 g/mol. The number of aliphatic hydroxyl groups is 1. The molecule has 1 aromatic heterocycles. The van der Waals surface area contributed by atoms with Crippen molar-refractivity contribution in [1.29, 1.82) is 0 Å². The molecule has 0 aliphatic rings. The summed E-state index contributed by atoms with van der Waals surface area (Å²) in [6, 6.07) is 0. The molecular formula is C8H15N3O4S. The van der Waals surface area contributed by atoms with Gasteiger partial charge in [0.1, 0.15) is 0 Å². The molecule has 0 aliphatic carbocycles. The molecule has 0 aromatic carbocycles. The van der Waals surface area contributed by atoms with Crippen LogP contribution in [-0.2, 0) is 21.4 Å². The molecule has 0 saturated heterocycles. The molecule has 3 N–H and O–H groups in total. The molecule has 0 radical (unpaired) electrons. The van der Waals surface area contributed by atoms with Crippen molar-refractivity contribution in [2.24, 2.45) is 0 Å². The van der Waals surface area contributed by atoms with Gasteiger partial charge >= 0.3 is 0 Å². The van der Waals surface area contributed by atoms with Crippen molar-refractivity contribution < 1.29 is 18.3 Å². The van der Waals surface area contributed by atoms with Crippen LogP contribution in [0.2, 0.25) is 0 Å². The zero-order valence-electron chi connectivity index (χ0n) is 9.10. The first-order valence-electron chi connectivity index (χ1n) is 4.66. The molecule has 0 fully saturated rings. The number of methoxy groups -OCH3 is 1. The lowest BCUT2D eigenvalue weighted by molar-refractivity contribution is 0.122. The molecule has 8 heteroatoms. The second-order valence-electron chi connectivity index (χ2n) is 3.28.